The Kier molecular flexibility index (Phi) is 12.8. The Hall–Kier alpha value is 0.430. The summed E-state index contributed by atoms with van der Waals surface area (Å²) in [4.78, 5) is 0. The molecule has 0 spiro atoms. The third-order valence-electron chi connectivity index (χ3n) is 4.08. The second kappa shape index (κ2) is 12.5. The lowest BCUT2D eigenvalue weighted by Crippen LogP contribution is -2.20. The van der Waals surface area contributed by atoms with Crippen molar-refractivity contribution < 1.29 is 0 Å². The third kappa shape index (κ3) is 10.4. The molecule has 1 unspecified atom stereocenters. The van der Waals surface area contributed by atoms with Gasteiger partial charge in [0.05, 0.1) is 0 Å². The van der Waals surface area contributed by atoms with Crippen molar-refractivity contribution in [1.29, 1.82) is 0 Å². The second-order valence-corrected chi connectivity index (χ2v) is 7.31. The monoisotopic (exact) mass is 272 g/mol. The standard InChI is InChI=1S/C17H37P/c1-4-7-10-12-15-17(18,14-9-6-3)16-13-11-8-5-2/h4-16,18H2,1-3H3. The molecule has 1 heteroatoms. The molecule has 0 aliphatic rings. The van der Waals surface area contributed by atoms with Gasteiger partial charge in [-0.25, -0.2) is 0 Å². The SMILES string of the molecule is CCCCCCC(P)(CCCC)CCCCCC. The van der Waals surface area contributed by atoms with Crippen LogP contribution in [0, 0.1) is 0 Å². The van der Waals surface area contributed by atoms with Crippen LogP contribution in [0.15, 0.2) is 0 Å². The van der Waals surface area contributed by atoms with Crippen molar-refractivity contribution in [3.05, 3.63) is 0 Å². The molecule has 0 nitrogen and oxygen atoms in total. The maximum absolute atomic E-state index is 3.24. The first-order valence-corrected chi connectivity index (χ1v) is 9.05. The van der Waals surface area contributed by atoms with Gasteiger partial charge in [0.25, 0.3) is 0 Å². The fourth-order valence-electron chi connectivity index (χ4n) is 2.71. The Morgan fingerprint density at radius 3 is 1.33 bits per heavy atom. The van der Waals surface area contributed by atoms with E-state index in [0.29, 0.717) is 5.16 Å². The minimum absolute atomic E-state index is 0.567. The van der Waals surface area contributed by atoms with Crippen molar-refractivity contribution in [2.24, 2.45) is 0 Å². The summed E-state index contributed by atoms with van der Waals surface area (Å²) < 4.78 is 0. The summed E-state index contributed by atoms with van der Waals surface area (Å²) in [6.07, 6.45) is 18.4. The number of hydrogen-bond donors (Lipinski definition) is 0. The summed E-state index contributed by atoms with van der Waals surface area (Å²) in [7, 11) is 3.24. The number of unbranched alkanes of at least 4 members (excludes halogenated alkanes) is 7. The Morgan fingerprint density at radius 1 is 0.556 bits per heavy atom. The van der Waals surface area contributed by atoms with E-state index in [1.54, 1.807) is 0 Å². The van der Waals surface area contributed by atoms with Crippen molar-refractivity contribution in [2.75, 3.05) is 0 Å². The van der Waals surface area contributed by atoms with Crippen LogP contribution in [0.2, 0.25) is 0 Å². The van der Waals surface area contributed by atoms with Crippen molar-refractivity contribution in [3.63, 3.8) is 0 Å². The van der Waals surface area contributed by atoms with E-state index in [-0.39, 0.29) is 0 Å². The normalized spacial score (nSPS) is 12.0. The van der Waals surface area contributed by atoms with Crippen LogP contribution in [-0.4, -0.2) is 5.16 Å². The van der Waals surface area contributed by atoms with Crippen molar-refractivity contribution in [2.45, 2.75) is 109 Å². The molecular weight excluding hydrogens is 235 g/mol. The molecule has 0 amide bonds. The lowest BCUT2D eigenvalue weighted by molar-refractivity contribution is 0.412. The van der Waals surface area contributed by atoms with E-state index in [9.17, 15) is 0 Å². The van der Waals surface area contributed by atoms with Crippen LogP contribution < -0.4 is 0 Å². The molecule has 18 heavy (non-hydrogen) atoms. The van der Waals surface area contributed by atoms with E-state index in [1.807, 2.05) is 0 Å². The largest absolute Gasteiger partial charge is 0.131 e. The summed E-state index contributed by atoms with van der Waals surface area (Å²) >= 11 is 0. The zero-order chi connectivity index (χ0) is 13.7. The Balaban J connectivity index is 3.90. The Morgan fingerprint density at radius 2 is 0.944 bits per heavy atom. The molecule has 0 aliphatic carbocycles. The molecule has 1 atom stereocenters. The second-order valence-electron chi connectivity index (χ2n) is 6.09. The van der Waals surface area contributed by atoms with E-state index >= 15 is 0 Å². The Labute approximate surface area is 119 Å². The van der Waals surface area contributed by atoms with Crippen LogP contribution in [-0.2, 0) is 0 Å². The molecule has 0 aromatic carbocycles. The molecule has 0 aromatic heterocycles. The summed E-state index contributed by atoms with van der Waals surface area (Å²) in [5.74, 6) is 0. The minimum Gasteiger partial charge on any atom is -0.131 e. The van der Waals surface area contributed by atoms with E-state index in [1.165, 1.54) is 83.5 Å². The van der Waals surface area contributed by atoms with Crippen molar-refractivity contribution in [1.82, 2.24) is 0 Å². The van der Waals surface area contributed by atoms with E-state index in [0.717, 1.165) is 0 Å². The molecule has 0 fully saturated rings. The van der Waals surface area contributed by atoms with E-state index < -0.39 is 0 Å². The highest BCUT2D eigenvalue weighted by Crippen LogP contribution is 2.36. The zero-order valence-electron chi connectivity index (χ0n) is 13.3. The fraction of sp³-hybridized carbons (Fsp3) is 1.00. The van der Waals surface area contributed by atoms with Crippen LogP contribution in [0.25, 0.3) is 0 Å². The highest BCUT2D eigenvalue weighted by Gasteiger charge is 2.22. The van der Waals surface area contributed by atoms with Gasteiger partial charge in [0.1, 0.15) is 0 Å². The van der Waals surface area contributed by atoms with Crippen LogP contribution in [0.1, 0.15) is 104 Å². The molecule has 0 aliphatic heterocycles. The zero-order valence-corrected chi connectivity index (χ0v) is 14.4. The van der Waals surface area contributed by atoms with E-state index in [4.69, 9.17) is 0 Å². The van der Waals surface area contributed by atoms with Gasteiger partial charge in [0, 0.05) is 0 Å². The highest BCUT2D eigenvalue weighted by molar-refractivity contribution is 7.19. The van der Waals surface area contributed by atoms with E-state index in [2.05, 4.69) is 30.0 Å². The third-order valence-corrected chi connectivity index (χ3v) is 4.95. The predicted octanol–water partition coefficient (Wildman–Crippen LogP) is 6.73. The topological polar surface area (TPSA) is 0 Å². The molecule has 0 radical (unpaired) electrons. The lowest BCUT2D eigenvalue weighted by atomic mass is 9.89. The first kappa shape index (κ1) is 18.4. The van der Waals surface area contributed by atoms with Crippen LogP contribution in [0.3, 0.4) is 0 Å². The van der Waals surface area contributed by atoms with Gasteiger partial charge in [0.2, 0.25) is 0 Å². The van der Waals surface area contributed by atoms with Gasteiger partial charge < -0.3 is 0 Å². The van der Waals surface area contributed by atoms with Gasteiger partial charge in [0.15, 0.2) is 0 Å². The van der Waals surface area contributed by atoms with Crippen LogP contribution >= 0.6 is 9.24 Å². The number of rotatable bonds is 13. The van der Waals surface area contributed by atoms with Crippen LogP contribution in [0.4, 0.5) is 0 Å². The first-order valence-electron chi connectivity index (χ1n) is 8.47. The highest BCUT2D eigenvalue weighted by atomic mass is 31.0. The van der Waals surface area contributed by atoms with Gasteiger partial charge in [-0.3, -0.25) is 0 Å². The number of hydrogen-bond acceptors (Lipinski definition) is 0. The first-order chi connectivity index (χ1) is 8.68. The molecule has 0 aromatic rings. The van der Waals surface area contributed by atoms with Gasteiger partial charge in [-0.15, -0.1) is 9.24 Å². The van der Waals surface area contributed by atoms with Crippen molar-refractivity contribution >= 4 is 9.24 Å². The average Bonchev–Trinajstić information content (AvgIpc) is 2.38. The Bertz CT molecular complexity index is 153. The average molecular weight is 272 g/mol. The molecule has 0 saturated carbocycles. The summed E-state index contributed by atoms with van der Waals surface area (Å²) in [6.45, 7) is 6.92. The summed E-state index contributed by atoms with van der Waals surface area (Å²) in [5, 5.41) is 0.567. The predicted molar refractivity (Wildman–Crippen MR) is 89.5 cm³/mol. The molecule has 0 saturated heterocycles. The van der Waals surface area contributed by atoms with Gasteiger partial charge in [-0.05, 0) is 24.4 Å². The molecule has 0 heterocycles. The van der Waals surface area contributed by atoms with Gasteiger partial charge in [-0.2, -0.15) is 0 Å². The molecule has 110 valence electrons. The fourth-order valence-corrected chi connectivity index (χ4v) is 3.32. The van der Waals surface area contributed by atoms with Crippen LogP contribution in [0.5, 0.6) is 0 Å². The lowest BCUT2D eigenvalue weighted by Gasteiger charge is -2.30. The molecular formula is C17H37P. The summed E-state index contributed by atoms with van der Waals surface area (Å²) in [6, 6.07) is 0. The quantitative estimate of drug-likeness (QED) is 0.257. The maximum atomic E-state index is 3.24. The smallest absolute Gasteiger partial charge is 0.0150 e. The molecule has 0 bridgehead atoms. The van der Waals surface area contributed by atoms with Gasteiger partial charge >= 0.3 is 0 Å². The molecule has 0 N–H and O–H groups in total. The summed E-state index contributed by atoms with van der Waals surface area (Å²) in [5.41, 5.74) is 0. The molecule has 0 rings (SSSR count). The maximum Gasteiger partial charge on any atom is -0.0150 e. The van der Waals surface area contributed by atoms with Crippen molar-refractivity contribution in [3.8, 4) is 0 Å². The minimum atomic E-state index is 0.567. The van der Waals surface area contributed by atoms with Gasteiger partial charge in [-0.1, -0.05) is 85.0 Å².